The van der Waals surface area contributed by atoms with Crippen molar-refractivity contribution in [1.82, 2.24) is 5.32 Å². The lowest BCUT2D eigenvalue weighted by atomic mass is 10.1. The molecular formula is C14H20N2O2S2. The fourth-order valence-electron chi connectivity index (χ4n) is 1.58. The van der Waals surface area contributed by atoms with Gasteiger partial charge in [-0.05, 0) is 24.8 Å². The number of carboxylic acid groups (broad SMARTS) is 1. The first-order valence-electron chi connectivity index (χ1n) is 6.52. The van der Waals surface area contributed by atoms with Crippen molar-refractivity contribution >= 4 is 34.3 Å². The smallest absolute Gasteiger partial charge is 0.321 e. The molecule has 0 unspecified atom stereocenters. The minimum absolute atomic E-state index is 0.297. The van der Waals surface area contributed by atoms with Crippen LogP contribution >= 0.6 is 24.0 Å². The Morgan fingerprint density at radius 1 is 1.35 bits per heavy atom. The van der Waals surface area contributed by atoms with Gasteiger partial charge in [-0.1, -0.05) is 54.3 Å². The van der Waals surface area contributed by atoms with Gasteiger partial charge in [-0.3, -0.25) is 4.79 Å². The summed E-state index contributed by atoms with van der Waals surface area (Å²) in [7, 11) is 0. The number of thioether (sulfide) groups is 1. The summed E-state index contributed by atoms with van der Waals surface area (Å²) in [5.74, 6) is -0.700. The van der Waals surface area contributed by atoms with E-state index in [1.54, 1.807) is 0 Å². The van der Waals surface area contributed by atoms with E-state index in [0.29, 0.717) is 10.1 Å². The van der Waals surface area contributed by atoms with Crippen LogP contribution in [-0.4, -0.2) is 33.7 Å². The number of nitrogens with one attached hydrogen (secondary N) is 1. The van der Waals surface area contributed by atoms with Crippen LogP contribution in [0.2, 0.25) is 0 Å². The molecule has 1 rings (SSSR count). The van der Waals surface area contributed by atoms with E-state index < -0.39 is 12.0 Å². The highest BCUT2D eigenvalue weighted by molar-refractivity contribution is 8.23. The lowest BCUT2D eigenvalue weighted by Gasteiger charge is -2.09. The highest BCUT2D eigenvalue weighted by Gasteiger charge is 2.12. The Bertz CT molecular complexity index is 426. The number of hydrogen-bond donors (Lipinski definition) is 3. The first-order valence-corrected chi connectivity index (χ1v) is 7.92. The Balaban J connectivity index is 2.03. The first kappa shape index (κ1) is 16.9. The molecule has 6 heteroatoms. The summed E-state index contributed by atoms with van der Waals surface area (Å²) >= 11 is 6.39. The van der Waals surface area contributed by atoms with Gasteiger partial charge in [-0.2, -0.15) is 0 Å². The molecule has 0 aliphatic rings. The Morgan fingerprint density at radius 2 is 2.05 bits per heavy atom. The van der Waals surface area contributed by atoms with Gasteiger partial charge in [0.05, 0.1) is 0 Å². The van der Waals surface area contributed by atoms with Crippen LogP contribution < -0.4 is 11.1 Å². The van der Waals surface area contributed by atoms with Crippen LogP contribution in [0.3, 0.4) is 0 Å². The highest BCUT2D eigenvalue weighted by Crippen LogP contribution is 2.06. The van der Waals surface area contributed by atoms with Gasteiger partial charge in [0.25, 0.3) is 0 Å². The van der Waals surface area contributed by atoms with Crippen molar-refractivity contribution in [3.05, 3.63) is 35.9 Å². The molecule has 20 heavy (non-hydrogen) atoms. The van der Waals surface area contributed by atoms with Crippen molar-refractivity contribution in [3.63, 3.8) is 0 Å². The number of carboxylic acids is 1. The van der Waals surface area contributed by atoms with Crippen molar-refractivity contribution < 1.29 is 9.90 Å². The maximum atomic E-state index is 10.5. The van der Waals surface area contributed by atoms with E-state index in [2.05, 4.69) is 17.4 Å². The van der Waals surface area contributed by atoms with E-state index in [1.807, 2.05) is 18.2 Å². The van der Waals surface area contributed by atoms with Crippen molar-refractivity contribution in [2.24, 2.45) is 5.73 Å². The lowest BCUT2D eigenvalue weighted by Crippen LogP contribution is -2.34. The summed E-state index contributed by atoms with van der Waals surface area (Å²) in [4.78, 5) is 10.5. The molecule has 1 aromatic rings. The Kier molecular flexibility index (Phi) is 8.25. The highest BCUT2D eigenvalue weighted by atomic mass is 32.2. The van der Waals surface area contributed by atoms with Crippen LogP contribution in [0.15, 0.2) is 30.3 Å². The van der Waals surface area contributed by atoms with E-state index in [-0.39, 0.29) is 0 Å². The van der Waals surface area contributed by atoms with Gasteiger partial charge < -0.3 is 16.2 Å². The molecule has 1 aromatic carbocycles. The number of aliphatic carboxylic acids is 1. The molecule has 0 amide bonds. The molecule has 0 saturated heterocycles. The topological polar surface area (TPSA) is 75.3 Å². The predicted octanol–water partition coefficient (Wildman–Crippen LogP) is 2.03. The van der Waals surface area contributed by atoms with Crippen molar-refractivity contribution in [2.75, 3.05) is 12.3 Å². The van der Waals surface area contributed by atoms with Crippen LogP contribution in [0.1, 0.15) is 18.4 Å². The minimum Gasteiger partial charge on any atom is -0.480 e. The van der Waals surface area contributed by atoms with E-state index in [4.69, 9.17) is 23.1 Å². The standard InChI is InChI=1S/C14H20N2O2S2/c15-12(13(17)18)10-20-14(19)16-9-5-4-8-11-6-2-1-3-7-11/h1-3,6-7,12H,4-5,8-10,15H2,(H,16,19)(H,17,18)/t12-/m0/s1. The summed E-state index contributed by atoms with van der Waals surface area (Å²) in [6.45, 7) is 0.807. The van der Waals surface area contributed by atoms with Gasteiger partial charge in [0.15, 0.2) is 0 Å². The van der Waals surface area contributed by atoms with Crippen LogP contribution in [0.5, 0.6) is 0 Å². The lowest BCUT2D eigenvalue weighted by molar-refractivity contribution is -0.137. The summed E-state index contributed by atoms with van der Waals surface area (Å²) in [5, 5.41) is 11.8. The second kappa shape index (κ2) is 9.74. The average molecular weight is 312 g/mol. The summed E-state index contributed by atoms with van der Waals surface area (Å²) < 4.78 is 0.612. The zero-order chi connectivity index (χ0) is 14.8. The number of unbranched alkanes of at least 4 members (excludes halogenated alkanes) is 1. The number of aryl methyl sites for hydroxylation is 1. The Morgan fingerprint density at radius 3 is 2.70 bits per heavy atom. The van der Waals surface area contributed by atoms with E-state index in [1.165, 1.54) is 17.3 Å². The molecular weight excluding hydrogens is 292 g/mol. The molecule has 0 aliphatic heterocycles. The summed E-state index contributed by atoms with van der Waals surface area (Å²) in [5.41, 5.74) is 6.74. The van der Waals surface area contributed by atoms with E-state index >= 15 is 0 Å². The van der Waals surface area contributed by atoms with Gasteiger partial charge in [-0.15, -0.1) is 0 Å². The van der Waals surface area contributed by atoms with Gasteiger partial charge >= 0.3 is 5.97 Å². The maximum absolute atomic E-state index is 10.5. The fourth-order valence-corrected chi connectivity index (χ4v) is 2.56. The number of thiocarbonyl (C=S) groups is 1. The third-order valence-corrected chi connectivity index (χ3v) is 4.15. The molecule has 0 fully saturated rings. The number of hydrogen-bond acceptors (Lipinski definition) is 4. The zero-order valence-corrected chi connectivity index (χ0v) is 12.9. The first-order chi connectivity index (χ1) is 9.59. The monoisotopic (exact) mass is 312 g/mol. The van der Waals surface area contributed by atoms with Gasteiger partial charge in [0, 0.05) is 12.3 Å². The van der Waals surface area contributed by atoms with Crippen LogP contribution in [0.4, 0.5) is 0 Å². The van der Waals surface area contributed by atoms with Gasteiger partial charge in [0.1, 0.15) is 10.4 Å². The van der Waals surface area contributed by atoms with Gasteiger partial charge in [-0.25, -0.2) is 0 Å². The fraction of sp³-hybridized carbons (Fsp3) is 0.429. The maximum Gasteiger partial charge on any atom is 0.321 e. The average Bonchev–Trinajstić information content (AvgIpc) is 2.45. The molecule has 0 radical (unpaired) electrons. The second-order valence-corrected chi connectivity index (χ2v) is 6.11. The van der Waals surface area contributed by atoms with Crippen LogP contribution in [0.25, 0.3) is 0 Å². The summed E-state index contributed by atoms with van der Waals surface area (Å²) in [6.07, 6.45) is 3.19. The molecule has 1 atom stereocenters. The number of benzene rings is 1. The van der Waals surface area contributed by atoms with Crippen LogP contribution in [-0.2, 0) is 11.2 Å². The molecule has 0 aromatic heterocycles. The Labute approximate surface area is 129 Å². The van der Waals surface area contributed by atoms with Gasteiger partial charge in [0.2, 0.25) is 0 Å². The Hall–Kier alpha value is -1.11. The predicted molar refractivity (Wildman–Crippen MR) is 88.0 cm³/mol. The second-order valence-electron chi connectivity index (χ2n) is 4.41. The van der Waals surface area contributed by atoms with Crippen LogP contribution in [0, 0.1) is 0 Å². The number of carbonyl (C=O) groups is 1. The quantitative estimate of drug-likeness (QED) is 0.504. The molecule has 0 saturated carbocycles. The molecule has 0 heterocycles. The third kappa shape index (κ3) is 7.47. The van der Waals surface area contributed by atoms with Crippen molar-refractivity contribution in [2.45, 2.75) is 25.3 Å². The molecule has 0 bridgehead atoms. The minimum atomic E-state index is -0.997. The van der Waals surface area contributed by atoms with E-state index in [9.17, 15) is 4.79 Å². The summed E-state index contributed by atoms with van der Waals surface area (Å²) in [6, 6.07) is 9.50. The molecule has 4 N–H and O–H groups in total. The molecule has 0 aliphatic carbocycles. The number of rotatable bonds is 8. The van der Waals surface area contributed by atoms with E-state index in [0.717, 1.165) is 25.8 Å². The molecule has 110 valence electrons. The SMILES string of the molecule is N[C@@H](CSC(=S)NCCCCc1ccccc1)C(=O)O. The van der Waals surface area contributed by atoms with Crippen molar-refractivity contribution in [1.29, 1.82) is 0 Å². The third-order valence-electron chi connectivity index (χ3n) is 2.72. The largest absolute Gasteiger partial charge is 0.480 e. The zero-order valence-electron chi connectivity index (χ0n) is 11.2. The molecule has 4 nitrogen and oxygen atoms in total. The number of nitrogens with two attached hydrogens (primary N) is 1. The molecule has 0 spiro atoms. The normalized spacial score (nSPS) is 11.8. The van der Waals surface area contributed by atoms with Crippen molar-refractivity contribution in [3.8, 4) is 0 Å².